The van der Waals surface area contributed by atoms with E-state index >= 15 is 0 Å². The summed E-state index contributed by atoms with van der Waals surface area (Å²) < 4.78 is 38.8. The Bertz CT molecular complexity index is 1750. The van der Waals surface area contributed by atoms with Gasteiger partial charge in [-0.25, -0.2) is 9.78 Å². The lowest BCUT2D eigenvalue weighted by Gasteiger charge is -2.35. The van der Waals surface area contributed by atoms with Crippen LogP contribution in [0.2, 0.25) is 0 Å². The molecule has 11 nitrogen and oxygen atoms in total. The van der Waals surface area contributed by atoms with E-state index in [4.69, 9.17) is 32.0 Å². The predicted molar refractivity (Wildman–Crippen MR) is 167 cm³/mol. The normalized spacial score (nSPS) is 16.1. The van der Waals surface area contributed by atoms with Crippen molar-refractivity contribution in [3.63, 3.8) is 0 Å². The van der Waals surface area contributed by atoms with Crippen LogP contribution in [0.5, 0.6) is 0 Å². The fourth-order valence-corrected chi connectivity index (χ4v) is 5.83. The Hall–Kier alpha value is -4.50. The molecule has 0 saturated heterocycles. The molecule has 2 aliphatic rings. The maximum absolute atomic E-state index is 13.9. The van der Waals surface area contributed by atoms with Crippen molar-refractivity contribution in [2.24, 2.45) is 0 Å². The van der Waals surface area contributed by atoms with E-state index < -0.39 is 17.5 Å². The fraction of sp³-hybridized carbons (Fsp3) is 0.375. The Kier molecular flexibility index (Phi) is 10.8. The number of hydrogen-bond donors (Lipinski definition) is 3. The third-order valence-corrected chi connectivity index (χ3v) is 8.46. The average Bonchev–Trinajstić information content (AvgIpc) is 3.46. The number of nitrogens with one attached hydrogen (secondary N) is 1. The maximum atomic E-state index is 13.9. The molecule has 0 spiro atoms. The molecule has 6 rings (SSSR count). The molecule has 2 N–H and O–H groups in total. The highest BCUT2D eigenvalue weighted by Crippen LogP contribution is 2.38. The zero-order valence-corrected chi connectivity index (χ0v) is 26.1. The van der Waals surface area contributed by atoms with E-state index in [0.29, 0.717) is 49.8 Å². The largest absolute Gasteiger partial charge is 0.490 e. The molecule has 2 aromatic heterocycles. The average molecular weight is 671 g/mol. The molecule has 47 heavy (non-hydrogen) atoms. The summed E-state index contributed by atoms with van der Waals surface area (Å²) in [5.74, 6) is -0.602. The maximum Gasteiger partial charge on any atom is 0.490 e. The molecule has 0 radical (unpaired) electrons. The van der Waals surface area contributed by atoms with Gasteiger partial charge in [-0.1, -0.05) is 60.1 Å². The number of aliphatic carboxylic acids is 1. The lowest BCUT2D eigenvalue weighted by atomic mass is 9.84. The number of thiol groups is 1. The van der Waals surface area contributed by atoms with Gasteiger partial charge in [-0.2, -0.15) is 18.2 Å². The topological polar surface area (TPSA) is 143 Å². The van der Waals surface area contributed by atoms with Gasteiger partial charge in [0.05, 0.1) is 23.5 Å². The van der Waals surface area contributed by atoms with Gasteiger partial charge < -0.3 is 19.8 Å². The number of hydrogen-bond acceptors (Lipinski definition) is 9. The van der Waals surface area contributed by atoms with Gasteiger partial charge in [-0.05, 0) is 30.5 Å². The van der Waals surface area contributed by atoms with Gasteiger partial charge in [0.2, 0.25) is 11.8 Å². The van der Waals surface area contributed by atoms with Crippen molar-refractivity contribution in [2.45, 2.75) is 62.5 Å². The number of para-hydroxylation sites is 1. The van der Waals surface area contributed by atoms with Crippen LogP contribution in [0.15, 0.2) is 70.0 Å². The molecule has 1 aliphatic carbocycles. The van der Waals surface area contributed by atoms with Crippen molar-refractivity contribution >= 4 is 24.5 Å². The Balaban J connectivity index is 0.000000559. The monoisotopic (exact) mass is 670 g/mol. The number of carboxylic acids is 1. The Morgan fingerprint density at radius 1 is 1.04 bits per heavy atom. The summed E-state index contributed by atoms with van der Waals surface area (Å²) in [4.78, 5) is 47.1. The fourth-order valence-electron chi connectivity index (χ4n) is 5.33. The molecule has 248 valence electrons. The molecule has 15 heteroatoms. The van der Waals surface area contributed by atoms with Crippen molar-refractivity contribution in [3.05, 3.63) is 105 Å². The molecule has 1 aliphatic heterocycles. The second-order valence-corrected chi connectivity index (χ2v) is 11.6. The molecular formula is C32H33F3N6O5S. The summed E-state index contributed by atoms with van der Waals surface area (Å²) in [5, 5.41) is 13.7. The number of fused-ring (bicyclic) bond motifs is 1. The zero-order chi connectivity index (χ0) is 33.6. The van der Waals surface area contributed by atoms with Gasteiger partial charge in [0.15, 0.2) is 5.82 Å². The number of benzene rings is 2. The minimum atomic E-state index is -5.08. The van der Waals surface area contributed by atoms with Gasteiger partial charge in [-0.3, -0.25) is 14.2 Å². The first-order valence-electron chi connectivity index (χ1n) is 15.1. The zero-order valence-electron chi connectivity index (χ0n) is 25.2. The summed E-state index contributed by atoms with van der Waals surface area (Å²) in [5.41, 5.74) is 3.05. The number of nitrogens with zero attached hydrogens (tertiary/aromatic N) is 5. The minimum absolute atomic E-state index is 0.0674. The number of amides is 1. The first-order valence-corrected chi connectivity index (χ1v) is 15.6. The van der Waals surface area contributed by atoms with Crippen LogP contribution < -0.4 is 10.9 Å². The van der Waals surface area contributed by atoms with Gasteiger partial charge in [0.25, 0.3) is 5.56 Å². The number of alkyl halides is 3. The highest BCUT2D eigenvalue weighted by Gasteiger charge is 2.38. The SMILES string of the molecule is O=C(CCNCc1nc(Cc2ccccc2)no1)N1CCc2nc(C3CCC3)n(-c3ccccc3)c(=O)c2C1S.O=C(O)C(F)(F)F. The second kappa shape index (κ2) is 14.9. The van der Waals surface area contributed by atoms with E-state index in [2.05, 4.69) is 15.5 Å². The summed E-state index contributed by atoms with van der Waals surface area (Å²) in [6, 6.07) is 19.6. The first-order chi connectivity index (χ1) is 22.5. The first kappa shape index (κ1) is 33.9. The number of carboxylic acid groups (broad SMARTS) is 1. The van der Waals surface area contributed by atoms with Gasteiger partial charge in [0.1, 0.15) is 11.2 Å². The summed E-state index contributed by atoms with van der Waals surface area (Å²) in [6.45, 7) is 1.29. The van der Waals surface area contributed by atoms with E-state index in [-0.39, 0.29) is 23.8 Å². The van der Waals surface area contributed by atoms with Crippen molar-refractivity contribution < 1.29 is 32.4 Å². The number of aromatic nitrogens is 4. The molecule has 4 aromatic rings. The predicted octanol–water partition coefficient (Wildman–Crippen LogP) is 4.60. The lowest BCUT2D eigenvalue weighted by Crippen LogP contribution is -2.44. The van der Waals surface area contributed by atoms with Crippen LogP contribution in [0.1, 0.15) is 71.3 Å². The smallest absolute Gasteiger partial charge is 0.475 e. The number of carbonyl (C=O) groups is 2. The number of halogens is 3. The Labute approximate surface area is 273 Å². The summed E-state index contributed by atoms with van der Waals surface area (Å²) in [6.07, 6.45) is -0.444. The molecule has 1 saturated carbocycles. The van der Waals surface area contributed by atoms with E-state index in [0.717, 1.165) is 42.0 Å². The highest BCUT2D eigenvalue weighted by atomic mass is 32.1. The van der Waals surface area contributed by atoms with Gasteiger partial charge in [0, 0.05) is 38.3 Å². The van der Waals surface area contributed by atoms with Crippen LogP contribution in [0.25, 0.3) is 5.69 Å². The standard InChI is InChI=1S/C30H32N6O3S.C2HF3O2/c37-26(14-16-31-19-25-33-24(34-39-25)18-20-8-3-1-4-9-20)35-17-15-23-27(30(35)40)29(38)36(22-12-5-2-6-13-22)28(32-23)21-10-7-11-21;3-2(4,5)1(6)7/h1-6,8-9,12-13,21,30-31,40H,7,10-11,14-19H2;(H,6,7). The molecule has 1 fully saturated rings. The van der Waals surface area contributed by atoms with Crippen molar-refractivity contribution in [1.29, 1.82) is 0 Å². The molecule has 1 atom stereocenters. The number of rotatable bonds is 9. The lowest BCUT2D eigenvalue weighted by molar-refractivity contribution is -0.192. The summed E-state index contributed by atoms with van der Waals surface area (Å²) in [7, 11) is 0. The van der Waals surface area contributed by atoms with Crippen LogP contribution in [-0.2, 0) is 29.0 Å². The quantitative estimate of drug-likeness (QED) is 0.172. The van der Waals surface area contributed by atoms with Crippen LogP contribution in [-0.4, -0.2) is 60.8 Å². The molecule has 1 amide bonds. The molecule has 0 bridgehead atoms. The van der Waals surface area contributed by atoms with Crippen LogP contribution in [0.3, 0.4) is 0 Å². The van der Waals surface area contributed by atoms with Crippen molar-refractivity contribution in [3.8, 4) is 5.69 Å². The summed E-state index contributed by atoms with van der Waals surface area (Å²) >= 11 is 4.77. The van der Waals surface area contributed by atoms with Crippen LogP contribution in [0.4, 0.5) is 13.2 Å². The van der Waals surface area contributed by atoms with Crippen molar-refractivity contribution in [1.82, 2.24) is 29.9 Å². The van der Waals surface area contributed by atoms with E-state index in [1.807, 2.05) is 60.7 Å². The van der Waals surface area contributed by atoms with Crippen molar-refractivity contribution in [2.75, 3.05) is 13.1 Å². The minimum Gasteiger partial charge on any atom is -0.475 e. The van der Waals surface area contributed by atoms with E-state index in [1.54, 1.807) is 9.47 Å². The number of carbonyl (C=O) groups excluding carboxylic acids is 1. The highest BCUT2D eigenvalue weighted by molar-refractivity contribution is 7.80. The van der Waals surface area contributed by atoms with Gasteiger partial charge in [-0.15, -0.1) is 12.6 Å². The van der Waals surface area contributed by atoms with E-state index in [1.165, 1.54) is 0 Å². The van der Waals surface area contributed by atoms with Crippen LogP contribution >= 0.6 is 12.6 Å². The van der Waals surface area contributed by atoms with Crippen LogP contribution in [0, 0.1) is 0 Å². The third-order valence-electron chi connectivity index (χ3n) is 7.92. The van der Waals surface area contributed by atoms with Gasteiger partial charge >= 0.3 is 12.1 Å². The van der Waals surface area contributed by atoms with E-state index in [9.17, 15) is 22.8 Å². The molecule has 3 heterocycles. The molecule has 1 unspecified atom stereocenters. The molecule has 2 aromatic carbocycles. The Morgan fingerprint density at radius 3 is 2.32 bits per heavy atom. The third kappa shape index (κ3) is 8.27. The Morgan fingerprint density at radius 2 is 1.70 bits per heavy atom. The molecular weight excluding hydrogens is 637 g/mol. The second-order valence-electron chi connectivity index (χ2n) is 11.1.